The zero-order chi connectivity index (χ0) is 16.2. The SMILES string of the molecule is Cc1cccc(C(=O)NCc2ccc(-n3ccnc3C)cc2)c1. The molecule has 23 heavy (non-hydrogen) atoms. The smallest absolute Gasteiger partial charge is 0.251 e. The molecule has 1 heterocycles. The first-order chi connectivity index (χ1) is 11.1. The van der Waals surface area contributed by atoms with E-state index >= 15 is 0 Å². The minimum absolute atomic E-state index is 0.0526. The normalized spacial score (nSPS) is 10.5. The van der Waals surface area contributed by atoms with E-state index in [0.717, 1.165) is 22.6 Å². The molecule has 0 atom stereocenters. The molecule has 0 fully saturated rings. The molecule has 0 saturated carbocycles. The Balaban J connectivity index is 1.65. The van der Waals surface area contributed by atoms with Crippen LogP contribution in [0.5, 0.6) is 0 Å². The number of rotatable bonds is 4. The van der Waals surface area contributed by atoms with E-state index in [0.29, 0.717) is 12.1 Å². The van der Waals surface area contributed by atoms with Gasteiger partial charge in [-0.25, -0.2) is 4.98 Å². The van der Waals surface area contributed by atoms with Crippen LogP contribution in [0.2, 0.25) is 0 Å². The van der Waals surface area contributed by atoms with Crippen molar-refractivity contribution in [2.45, 2.75) is 20.4 Å². The highest BCUT2D eigenvalue weighted by molar-refractivity contribution is 5.94. The van der Waals surface area contributed by atoms with Gasteiger partial charge in [0, 0.05) is 30.2 Å². The Morgan fingerprint density at radius 2 is 1.91 bits per heavy atom. The molecule has 116 valence electrons. The number of carbonyl (C=O) groups excluding carboxylic acids is 1. The Kier molecular flexibility index (Phi) is 4.24. The van der Waals surface area contributed by atoms with Gasteiger partial charge < -0.3 is 9.88 Å². The monoisotopic (exact) mass is 305 g/mol. The second kappa shape index (κ2) is 6.48. The van der Waals surface area contributed by atoms with E-state index in [2.05, 4.69) is 10.3 Å². The van der Waals surface area contributed by atoms with Gasteiger partial charge in [0.1, 0.15) is 5.82 Å². The van der Waals surface area contributed by atoms with Crippen LogP contribution in [-0.2, 0) is 6.54 Å². The number of hydrogen-bond donors (Lipinski definition) is 1. The molecule has 0 aliphatic rings. The number of carbonyl (C=O) groups is 1. The van der Waals surface area contributed by atoms with Gasteiger partial charge in [-0.2, -0.15) is 0 Å². The van der Waals surface area contributed by atoms with Crippen molar-refractivity contribution in [2.24, 2.45) is 0 Å². The summed E-state index contributed by atoms with van der Waals surface area (Å²) in [5.41, 5.74) is 3.90. The Bertz CT molecular complexity index is 819. The number of hydrogen-bond acceptors (Lipinski definition) is 2. The quantitative estimate of drug-likeness (QED) is 0.803. The number of imidazole rings is 1. The molecule has 0 spiro atoms. The summed E-state index contributed by atoms with van der Waals surface area (Å²) in [6.45, 7) is 4.46. The molecule has 3 aromatic rings. The summed E-state index contributed by atoms with van der Waals surface area (Å²) in [6, 6.07) is 15.7. The molecule has 0 saturated heterocycles. The molecule has 1 amide bonds. The van der Waals surface area contributed by atoms with Crippen molar-refractivity contribution in [1.29, 1.82) is 0 Å². The first-order valence-corrected chi connectivity index (χ1v) is 7.57. The second-order valence-electron chi connectivity index (χ2n) is 5.56. The zero-order valence-electron chi connectivity index (χ0n) is 13.3. The van der Waals surface area contributed by atoms with Gasteiger partial charge in [0.05, 0.1) is 0 Å². The molecule has 0 radical (unpaired) electrons. The van der Waals surface area contributed by atoms with Gasteiger partial charge in [-0.05, 0) is 43.7 Å². The third-order valence-electron chi connectivity index (χ3n) is 3.77. The lowest BCUT2D eigenvalue weighted by atomic mass is 10.1. The molecule has 0 aliphatic carbocycles. The van der Waals surface area contributed by atoms with Gasteiger partial charge in [-0.15, -0.1) is 0 Å². The molecule has 1 N–H and O–H groups in total. The number of aryl methyl sites for hydroxylation is 2. The van der Waals surface area contributed by atoms with Gasteiger partial charge in [0.25, 0.3) is 5.91 Å². The van der Waals surface area contributed by atoms with Gasteiger partial charge in [-0.1, -0.05) is 29.8 Å². The van der Waals surface area contributed by atoms with Gasteiger partial charge in [0.15, 0.2) is 0 Å². The number of benzene rings is 2. The highest BCUT2D eigenvalue weighted by Gasteiger charge is 2.05. The summed E-state index contributed by atoms with van der Waals surface area (Å²) in [6.07, 6.45) is 3.72. The fourth-order valence-corrected chi connectivity index (χ4v) is 2.50. The van der Waals surface area contributed by atoms with Crippen molar-refractivity contribution in [2.75, 3.05) is 0 Å². The lowest BCUT2D eigenvalue weighted by molar-refractivity contribution is 0.0951. The molecule has 2 aromatic carbocycles. The predicted octanol–water partition coefficient (Wildman–Crippen LogP) is 3.42. The zero-order valence-corrected chi connectivity index (χ0v) is 13.3. The van der Waals surface area contributed by atoms with Crippen LogP contribution >= 0.6 is 0 Å². The van der Waals surface area contributed by atoms with Crippen LogP contribution < -0.4 is 5.32 Å². The van der Waals surface area contributed by atoms with E-state index < -0.39 is 0 Å². The molecule has 4 nitrogen and oxygen atoms in total. The van der Waals surface area contributed by atoms with Crippen molar-refractivity contribution in [3.8, 4) is 5.69 Å². The average Bonchev–Trinajstić information content (AvgIpc) is 2.99. The highest BCUT2D eigenvalue weighted by Crippen LogP contribution is 2.12. The van der Waals surface area contributed by atoms with Crippen molar-refractivity contribution in [1.82, 2.24) is 14.9 Å². The maximum atomic E-state index is 12.1. The first kappa shape index (κ1) is 15.0. The lowest BCUT2D eigenvalue weighted by Crippen LogP contribution is -2.22. The maximum absolute atomic E-state index is 12.1. The number of amides is 1. The van der Waals surface area contributed by atoms with Crippen molar-refractivity contribution >= 4 is 5.91 Å². The fraction of sp³-hybridized carbons (Fsp3) is 0.158. The molecule has 0 unspecified atom stereocenters. The number of nitrogens with one attached hydrogen (secondary N) is 1. The van der Waals surface area contributed by atoms with Crippen LogP contribution in [0.3, 0.4) is 0 Å². The second-order valence-corrected chi connectivity index (χ2v) is 5.56. The molecule has 1 aromatic heterocycles. The summed E-state index contributed by atoms with van der Waals surface area (Å²) < 4.78 is 2.02. The maximum Gasteiger partial charge on any atom is 0.251 e. The van der Waals surface area contributed by atoms with Crippen LogP contribution in [0.1, 0.15) is 27.3 Å². The van der Waals surface area contributed by atoms with E-state index in [-0.39, 0.29) is 5.91 Å². The summed E-state index contributed by atoms with van der Waals surface area (Å²) >= 11 is 0. The summed E-state index contributed by atoms with van der Waals surface area (Å²) in [5, 5.41) is 2.95. The Morgan fingerprint density at radius 1 is 1.13 bits per heavy atom. The van der Waals surface area contributed by atoms with Crippen molar-refractivity contribution < 1.29 is 4.79 Å². The minimum Gasteiger partial charge on any atom is -0.348 e. The molecule has 3 rings (SSSR count). The third kappa shape index (κ3) is 3.48. The Hall–Kier alpha value is -2.88. The molecule has 4 heteroatoms. The van der Waals surface area contributed by atoms with Crippen LogP contribution in [0.15, 0.2) is 60.9 Å². The Labute approximate surface area is 135 Å². The molecule has 0 bridgehead atoms. The van der Waals surface area contributed by atoms with Crippen molar-refractivity contribution in [3.63, 3.8) is 0 Å². The summed E-state index contributed by atoms with van der Waals surface area (Å²) in [7, 11) is 0. The lowest BCUT2D eigenvalue weighted by Gasteiger charge is -2.08. The summed E-state index contributed by atoms with van der Waals surface area (Å²) in [5.74, 6) is 0.897. The van der Waals surface area contributed by atoms with Gasteiger partial charge in [0.2, 0.25) is 0 Å². The average molecular weight is 305 g/mol. The largest absolute Gasteiger partial charge is 0.348 e. The van der Waals surface area contributed by atoms with Crippen LogP contribution in [-0.4, -0.2) is 15.5 Å². The van der Waals surface area contributed by atoms with Crippen LogP contribution in [0, 0.1) is 13.8 Å². The van der Waals surface area contributed by atoms with E-state index in [1.807, 2.05) is 73.1 Å². The number of nitrogens with zero attached hydrogens (tertiary/aromatic N) is 2. The summed E-state index contributed by atoms with van der Waals surface area (Å²) in [4.78, 5) is 16.4. The predicted molar refractivity (Wildman–Crippen MR) is 90.7 cm³/mol. The van der Waals surface area contributed by atoms with Crippen LogP contribution in [0.4, 0.5) is 0 Å². The van der Waals surface area contributed by atoms with E-state index in [4.69, 9.17) is 0 Å². The third-order valence-corrected chi connectivity index (χ3v) is 3.77. The van der Waals surface area contributed by atoms with Gasteiger partial charge in [-0.3, -0.25) is 4.79 Å². The van der Waals surface area contributed by atoms with Crippen molar-refractivity contribution in [3.05, 3.63) is 83.4 Å². The van der Waals surface area contributed by atoms with Gasteiger partial charge >= 0.3 is 0 Å². The standard InChI is InChI=1S/C19H19N3O/c1-14-4-3-5-17(12-14)19(23)21-13-16-6-8-18(9-7-16)22-11-10-20-15(22)2/h3-12H,13H2,1-2H3,(H,21,23). The number of aromatic nitrogens is 2. The fourth-order valence-electron chi connectivity index (χ4n) is 2.50. The Morgan fingerprint density at radius 3 is 2.57 bits per heavy atom. The van der Waals surface area contributed by atoms with Crippen LogP contribution in [0.25, 0.3) is 5.69 Å². The van der Waals surface area contributed by atoms with E-state index in [9.17, 15) is 4.79 Å². The highest BCUT2D eigenvalue weighted by atomic mass is 16.1. The van der Waals surface area contributed by atoms with E-state index in [1.54, 1.807) is 6.20 Å². The minimum atomic E-state index is -0.0526. The molecular weight excluding hydrogens is 286 g/mol. The first-order valence-electron chi connectivity index (χ1n) is 7.57. The molecular formula is C19H19N3O. The topological polar surface area (TPSA) is 46.9 Å². The van der Waals surface area contributed by atoms with E-state index in [1.165, 1.54) is 0 Å². The molecule has 0 aliphatic heterocycles.